The van der Waals surface area contributed by atoms with Crippen molar-refractivity contribution in [3.05, 3.63) is 23.0 Å². The van der Waals surface area contributed by atoms with Gasteiger partial charge in [-0.3, -0.25) is 9.59 Å². The first kappa shape index (κ1) is 23.8. The molecule has 2 bridgehead atoms. The Morgan fingerprint density at radius 3 is 2.71 bits per heavy atom. The molecule has 3 atom stereocenters. The van der Waals surface area contributed by atoms with E-state index in [9.17, 15) is 9.59 Å². The van der Waals surface area contributed by atoms with Crippen molar-refractivity contribution in [2.75, 3.05) is 47.4 Å². The number of likely N-dealkylation sites (tertiary alicyclic amines) is 1. The second-order valence-corrected chi connectivity index (χ2v) is 9.55. The summed E-state index contributed by atoms with van der Waals surface area (Å²) in [5.41, 5.74) is 3.04. The van der Waals surface area contributed by atoms with Gasteiger partial charge in [0.2, 0.25) is 5.91 Å². The molecule has 31 heavy (non-hydrogen) atoms. The first-order chi connectivity index (χ1) is 14.8. The molecule has 0 aromatic carbocycles. The minimum atomic E-state index is 0.171. The van der Waals surface area contributed by atoms with E-state index >= 15 is 0 Å². The number of methoxy groups -OCH3 is 1. The molecule has 0 aliphatic carbocycles. The monoisotopic (exact) mass is 432 g/mol. The van der Waals surface area contributed by atoms with Gasteiger partial charge in [-0.2, -0.15) is 0 Å². The van der Waals surface area contributed by atoms with E-state index in [0.717, 1.165) is 69.0 Å². The molecule has 7 heteroatoms. The molecule has 0 spiro atoms. The number of hydrogen-bond acceptors (Lipinski definition) is 4. The van der Waals surface area contributed by atoms with Gasteiger partial charge in [-0.25, -0.2) is 0 Å². The van der Waals surface area contributed by atoms with Crippen LogP contribution in [-0.4, -0.2) is 79.7 Å². The summed E-state index contributed by atoms with van der Waals surface area (Å²) >= 11 is 0. The van der Waals surface area contributed by atoms with Gasteiger partial charge in [-0.1, -0.05) is 0 Å². The lowest BCUT2D eigenvalue weighted by Gasteiger charge is -2.46. The molecule has 0 saturated carbocycles. The predicted octanol–water partition coefficient (Wildman–Crippen LogP) is 2.45. The minimum absolute atomic E-state index is 0.171. The molecule has 3 heterocycles. The van der Waals surface area contributed by atoms with Crippen molar-refractivity contribution in [1.29, 1.82) is 0 Å². The summed E-state index contributed by atoms with van der Waals surface area (Å²) in [4.78, 5) is 29.1. The van der Waals surface area contributed by atoms with E-state index in [1.54, 1.807) is 12.0 Å². The van der Waals surface area contributed by atoms with Gasteiger partial charge in [0, 0.05) is 71.3 Å². The van der Waals surface area contributed by atoms with Crippen molar-refractivity contribution in [1.82, 2.24) is 19.7 Å². The van der Waals surface area contributed by atoms with Crippen LogP contribution in [0.1, 0.15) is 53.8 Å². The summed E-state index contributed by atoms with van der Waals surface area (Å²) < 4.78 is 7.42. The molecule has 174 valence electrons. The summed E-state index contributed by atoms with van der Waals surface area (Å²) in [6, 6.07) is 2.44. The number of rotatable bonds is 9. The fourth-order valence-corrected chi connectivity index (χ4v) is 5.27. The molecule has 2 fully saturated rings. The summed E-state index contributed by atoms with van der Waals surface area (Å²) in [6.07, 6.45) is 4.61. The van der Waals surface area contributed by atoms with Crippen molar-refractivity contribution in [3.63, 3.8) is 0 Å². The second kappa shape index (κ2) is 10.6. The van der Waals surface area contributed by atoms with E-state index in [1.807, 2.05) is 14.1 Å². The van der Waals surface area contributed by atoms with Crippen LogP contribution in [0.2, 0.25) is 0 Å². The number of carbonyl (C=O) groups excluding carboxylic acids is 2. The van der Waals surface area contributed by atoms with E-state index < -0.39 is 0 Å². The third-order valence-electron chi connectivity index (χ3n) is 7.03. The SMILES string of the molecule is COCCCn1c(C)cc(C(=O)N2CC3CN[C@H](CCCC(=O)N(C)C)C(C3)C2)c1C. The van der Waals surface area contributed by atoms with Crippen LogP contribution in [0.5, 0.6) is 0 Å². The van der Waals surface area contributed by atoms with Gasteiger partial charge in [-0.05, 0) is 64.0 Å². The van der Waals surface area contributed by atoms with Crippen LogP contribution in [0, 0.1) is 25.7 Å². The summed E-state index contributed by atoms with van der Waals surface area (Å²) in [7, 11) is 5.34. The Bertz CT molecular complexity index is 773. The molecule has 2 aliphatic heterocycles. The lowest BCUT2D eigenvalue weighted by molar-refractivity contribution is -0.128. The van der Waals surface area contributed by atoms with Gasteiger partial charge >= 0.3 is 0 Å². The Labute approximate surface area is 187 Å². The molecule has 1 aromatic heterocycles. The molecular formula is C24H40N4O3. The highest BCUT2D eigenvalue weighted by atomic mass is 16.5. The number of hydrogen-bond donors (Lipinski definition) is 1. The quantitative estimate of drug-likeness (QED) is 0.609. The highest BCUT2D eigenvalue weighted by molar-refractivity contribution is 5.95. The maximum Gasteiger partial charge on any atom is 0.255 e. The van der Waals surface area contributed by atoms with E-state index in [-0.39, 0.29) is 11.8 Å². The van der Waals surface area contributed by atoms with Gasteiger partial charge in [-0.15, -0.1) is 0 Å². The summed E-state index contributed by atoms with van der Waals surface area (Å²) in [6.45, 7) is 8.35. The average molecular weight is 433 g/mol. The standard InChI is InChI=1S/C24H40N4O3/c1-17-12-21(18(2)28(17)10-7-11-31-5)24(30)27-15-19-13-20(16-27)22(25-14-19)8-6-9-23(29)26(3)4/h12,19-20,22,25H,6-11,13-16H2,1-5H3/t19?,20?,22-/m1/s1. The Morgan fingerprint density at radius 1 is 1.23 bits per heavy atom. The second-order valence-electron chi connectivity index (χ2n) is 9.55. The van der Waals surface area contributed by atoms with Crippen LogP contribution in [0.3, 0.4) is 0 Å². The Hall–Kier alpha value is -1.86. The van der Waals surface area contributed by atoms with E-state index in [1.165, 1.54) is 6.42 Å². The van der Waals surface area contributed by atoms with Gasteiger partial charge in [0.25, 0.3) is 5.91 Å². The molecule has 3 rings (SSSR count). The zero-order valence-corrected chi connectivity index (χ0v) is 19.9. The number of piperidine rings is 2. The van der Waals surface area contributed by atoms with Gasteiger partial charge in [0.05, 0.1) is 5.56 Å². The lowest BCUT2D eigenvalue weighted by Crippen LogP contribution is -2.57. The number of carbonyl (C=O) groups is 2. The van der Waals surface area contributed by atoms with Crippen LogP contribution in [0.25, 0.3) is 0 Å². The Morgan fingerprint density at radius 2 is 2.00 bits per heavy atom. The number of nitrogens with zero attached hydrogens (tertiary/aromatic N) is 3. The van der Waals surface area contributed by atoms with Crippen LogP contribution in [-0.2, 0) is 16.1 Å². The number of ether oxygens (including phenoxy) is 1. The van der Waals surface area contributed by atoms with Gasteiger partial charge < -0.3 is 24.4 Å². The van der Waals surface area contributed by atoms with Crippen molar-refractivity contribution < 1.29 is 14.3 Å². The van der Waals surface area contributed by atoms with Crippen molar-refractivity contribution in [2.45, 2.75) is 58.5 Å². The molecule has 1 aromatic rings. The fourth-order valence-electron chi connectivity index (χ4n) is 5.27. The number of aromatic nitrogens is 1. The van der Waals surface area contributed by atoms with E-state index in [4.69, 9.17) is 4.74 Å². The molecule has 2 saturated heterocycles. The zero-order chi connectivity index (χ0) is 22.5. The number of fused-ring (bicyclic) bond motifs is 2. The lowest BCUT2D eigenvalue weighted by atomic mass is 9.79. The zero-order valence-electron chi connectivity index (χ0n) is 19.9. The smallest absolute Gasteiger partial charge is 0.255 e. The molecule has 1 N–H and O–H groups in total. The fraction of sp³-hybridized carbons (Fsp3) is 0.750. The molecule has 2 unspecified atom stereocenters. The number of aryl methyl sites for hydroxylation is 1. The molecule has 2 aliphatic rings. The van der Waals surface area contributed by atoms with Crippen molar-refractivity contribution in [3.8, 4) is 0 Å². The van der Waals surface area contributed by atoms with Crippen molar-refractivity contribution >= 4 is 11.8 Å². The third kappa shape index (κ3) is 5.69. The van der Waals surface area contributed by atoms with Crippen LogP contribution < -0.4 is 5.32 Å². The van der Waals surface area contributed by atoms with E-state index in [2.05, 4.69) is 34.7 Å². The maximum atomic E-state index is 13.4. The van der Waals surface area contributed by atoms with Crippen LogP contribution in [0.15, 0.2) is 6.07 Å². The highest BCUT2D eigenvalue weighted by Gasteiger charge is 2.38. The van der Waals surface area contributed by atoms with E-state index in [0.29, 0.717) is 24.3 Å². The Kier molecular flexibility index (Phi) is 8.17. The summed E-state index contributed by atoms with van der Waals surface area (Å²) in [5, 5.41) is 3.70. The van der Waals surface area contributed by atoms with Gasteiger partial charge in [0.15, 0.2) is 0 Å². The average Bonchev–Trinajstić information content (AvgIpc) is 3.02. The van der Waals surface area contributed by atoms with Crippen molar-refractivity contribution in [2.24, 2.45) is 11.8 Å². The highest BCUT2D eigenvalue weighted by Crippen LogP contribution is 2.32. The minimum Gasteiger partial charge on any atom is -0.385 e. The topological polar surface area (TPSA) is 66.8 Å². The summed E-state index contributed by atoms with van der Waals surface area (Å²) in [5.74, 6) is 1.35. The third-order valence-corrected chi connectivity index (χ3v) is 7.03. The molecule has 0 radical (unpaired) electrons. The molecular weight excluding hydrogens is 392 g/mol. The van der Waals surface area contributed by atoms with Gasteiger partial charge in [0.1, 0.15) is 0 Å². The molecule has 2 amide bonds. The van der Waals surface area contributed by atoms with Crippen LogP contribution >= 0.6 is 0 Å². The largest absolute Gasteiger partial charge is 0.385 e. The normalized spacial score (nSPS) is 23.1. The van der Waals surface area contributed by atoms with Crippen LogP contribution in [0.4, 0.5) is 0 Å². The first-order valence-electron chi connectivity index (χ1n) is 11.7. The first-order valence-corrected chi connectivity index (χ1v) is 11.7. The predicted molar refractivity (Wildman–Crippen MR) is 122 cm³/mol. The Balaban J connectivity index is 1.62. The maximum absolute atomic E-state index is 13.4. The number of nitrogens with one attached hydrogen (secondary N) is 1. The number of amides is 2. The molecule has 7 nitrogen and oxygen atoms in total.